The predicted octanol–water partition coefficient (Wildman–Crippen LogP) is 0.161. The highest BCUT2D eigenvalue weighted by molar-refractivity contribution is 5.83. The number of carbonyl (C=O) groups is 2. The van der Waals surface area contributed by atoms with Crippen molar-refractivity contribution in [2.24, 2.45) is 11.1 Å². The summed E-state index contributed by atoms with van der Waals surface area (Å²) in [5.41, 5.74) is 4.87. The van der Waals surface area contributed by atoms with E-state index in [9.17, 15) is 9.59 Å². The maximum Gasteiger partial charge on any atom is 0.224 e. The molecular weight excluding hydrogens is 180 g/mol. The van der Waals surface area contributed by atoms with Crippen LogP contribution >= 0.6 is 0 Å². The van der Waals surface area contributed by atoms with E-state index in [1.165, 1.54) is 0 Å². The summed E-state index contributed by atoms with van der Waals surface area (Å²) in [6.07, 6.45) is 0.750. The van der Waals surface area contributed by atoms with Gasteiger partial charge in [0.2, 0.25) is 5.91 Å². The highest BCUT2D eigenvalue weighted by Crippen LogP contribution is 2.30. The zero-order valence-electron chi connectivity index (χ0n) is 9.04. The quantitative estimate of drug-likeness (QED) is 0.702. The van der Waals surface area contributed by atoms with Crippen LogP contribution in [0.4, 0.5) is 0 Å². The molecule has 2 atom stereocenters. The van der Waals surface area contributed by atoms with Gasteiger partial charge in [-0.05, 0) is 33.7 Å². The van der Waals surface area contributed by atoms with Crippen molar-refractivity contribution in [3.05, 3.63) is 0 Å². The molecule has 0 radical (unpaired) electrons. The van der Waals surface area contributed by atoms with E-state index < -0.39 is 5.41 Å². The Bertz CT molecular complexity index is 265. The molecule has 4 heteroatoms. The fourth-order valence-corrected chi connectivity index (χ4v) is 1.79. The van der Waals surface area contributed by atoms with Gasteiger partial charge < -0.3 is 5.73 Å². The molecule has 0 aromatic carbocycles. The van der Waals surface area contributed by atoms with Gasteiger partial charge in [-0.1, -0.05) is 0 Å². The summed E-state index contributed by atoms with van der Waals surface area (Å²) in [5.74, 6) is -0.130. The molecule has 2 N–H and O–H groups in total. The highest BCUT2D eigenvalue weighted by Gasteiger charge is 2.40. The molecule has 1 fully saturated rings. The van der Waals surface area contributed by atoms with E-state index >= 15 is 0 Å². The summed E-state index contributed by atoms with van der Waals surface area (Å²) in [7, 11) is 0. The number of hydrogen-bond donors (Lipinski definition) is 1. The second-order valence-electron chi connectivity index (χ2n) is 4.43. The Kier molecular flexibility index (Phi) is 2.95. The number of primary amides is 1. The predicted molar refractivity (Wildman–Crippen MR) is 53.6 cm³/mol. The lowest BCUT2D eigenvalue weighted by Gasteiger charge is -2.24. The third kappa shape index (κ3) is 1.95. The van der Waals surface area contributed by atoms with Gasteiger partial charge in [-0.15, -0.1) is 0 Å². The van der Waals surface area contributed by atoms with Crippen LogP contribution in [0.3, 0.4) is 0 Å². The number of hydrogen-bond acceptors (Lipinski definition) is 3. The van der Waals surface area contributed by atoms with Crippen molar-refractivity contribution in [3.63, 3.8) is 0 Å². The molecule has 1 rings (SSSR count). The number of nitrogens with zero attached hydrogens (tertiary/aromatic N) is 1. The minimum atomic E-state index is -0.455. The maximum atomic E-state index is 11.2. The van der Waals surface area contributed by atoms with Gasteiger partial charge in [-0.25, -0.2) is 0 Å². The number of rotatable bonds is 3. The van der Waals surface area contributed by atoms with Gasteiger partial charge >= 0.3 is 0 Å². The Hall–Kier alpha value is -0.900. The first-order chi connectivity index (χ1) is 6.37. The van der Waals surface area contributed by atoms with Crippen LogP contribution in [-0.4, -0.2) is 35.7 Å². The molecule has 2 unspecified atom stereocenters. The maximum absolute atomic E-state index is 11.2. The van der Waals surface area contributed by atoms with Crippen LogP contribution in [0.15, 0.2) is 0 Å². The van der Waals surface area contributed by atoms with Crippen molar-refractivity contribution in [1.82, 2.24) is 4.90 Å². The molecule has 1 heterocycles. The van der Waals surface area contributed by atoms with E-state index in [0.717, 1.165) is 13.0 Å². The zero-order chi connectivity index (χ0) is 10.9. The summed E-state index contributed by atoms with van der Waals surface area (Å²) in [5, 5.41) is 0. The Morgan fingerprint density at radius 3 is 2.43 bits per heavy atom. The molecule has 0 aliphatic carbocycles. The minimum Gasteiger partial charge on any atom is -0.369 e. The molecule has 0 bridgehead atoms. The number of carbonyl (C=O) groups excluding carboxylic acids is 2. The first-order valence-electron chi connectivity index (χ1n) is 4.91. The van der Waals surface area contributed by atoms with Crippen LogP contribution in [0.1, 0.15) is 27.2 Å². The van der Waals surface area contributed by atoms with E-state index in [4.69, 9.17) is 5.73 Å². The van der Waals surface area contributed by atoms with Gasteiger partial charge in [0, 0.05) is 6.54 Å². The van der Waals surface area contributed by atoms with Gasteiger partial charge in [0.05, 0.1) is 11.5 Å². The molecule has 1 amide bonds. The number of nitrogens with two attached hydrogens (primary N) is 1. The second-order valence-corrected chi connectivity index (χ2v) is 4.43. The molecular formula is C10H18N2O2. The number of Topliss-reactive ketones (excluding diaryl/α,β-unsaturated/α-hetero) is 1. The fraction of sp³-hybridized carbons (Fsp3) is 0.800. The van der Waals surface area contributed by atoms with Gasteiger partial charge in [0.15, 0.2) is 0 Å². The lowest BCUT2D eigenvalue weighted by atomic mass is 9.89. The molecule has 14 heavy (non-hydrogen) atoms. The van der Waals surface area contributed by atoms with Gasteiger partial charge in [0.1, 0.15) is 5.78 Å². The lowest BCUT2D eigenvalue weighted by Crippen LogP contribution is -2.41. The molecule has 0 saturated carbocycles. The summed E-state index contributed by atoms with van der Waals surface area (Å²) in [6.45, 7) is 6.69. The minimum absolute atomic E-state index is 0.101. The van der Waals surface area contributed by atoms with Crippen molar-refractivity contribution in [3.8, 4) is 0 Å². The molecule has 1 aliphatic heterocycles. The second kappa shape index (κ2) is 3.69. The van der Waals surface area contributed by atoms with Crippen molar-refractivity contribution in [1.29, 1.82) is 0 Å². The van der Waals surface area contributed by atoms with Gasteiger partial charge in [-0.2, -0.15) is 0 Å². The summed E-state index contributed by atoms with van der Waals surface area (Å²) >= 11 is 0. The summed E-state index contributed by atoms with van der Waals surface area (Å²) in [4.78, 5) is 24.3. The van der Waals surface area contributed by atoms with Crippen LogP contribution in [0.25, 0.3) is 0 Å². The van der Waals surface area contributed by atoms with Crippen LogP contribution in [-0.2, 0) is 9.59 Å². The number of likely N-dealkylation sites (tertiary alicyclic amines) is 1. The van der Waals surface area contributed by atoms with E-state index in [-0.39, 0.29) is 17.7 Å². The molecule has 0 aromatic heterocycles. The van der Waals surface area contributed by atoms with Crippen LogP contribution in [0.2, 0.25) is 0 Å². The summed E-state index contributed by atoms with van der Waals surface area (Å²) < 4.78 is 0. The highest BCUT2D eigenvalue weighted by atomic mass is 16.1. The molecule has 80 valence electrons. The Morgan fingerprint density at radius 1 is 1.50 bits per heavy atom. The van der Waals surface area contributed by atoms with Gasteiger partial charge in [-0.3, -0.25) is 14.5 Å². The van der Waals surface area contributed by atoms with E-state index in [2.05, 4.69) is 0 Å². The molecule has 0 aromatic rings. The Balaban J connectivity index is 2.65. The Morgan fingerprint density at radius 2 is 2.07 bits per heavy atom. The first-order valence-corrected chi connectivity index (χ1v) is 4.91. The third-order valence-electron chi connectivity index (χ3n) is 3.23. The van der Waals surface area contributed by atoms with E-state index in [0.29, 0.717) is 6.54 Å². The van der Waals surface area contributed by atoms with Crippen molar-refractivity contribution >= 4 is 11.7 Å². The van der Waals surface area contributed by atoms with E-state index in [1.54, 1.807) is 6.92 Å². The number of amides is 1. The summed E-state index contributed by atoms with van der Waals surface area (Å²) in [6, 6.07) is -0.101. The monoisotopic (exact) mass is 198 g/mol. The smallest absolute Gasteiger partial charge is 0.224 e. The Labute approximate surface area is 84.4 Å². The van der Waals surface area contributed by atoms with Crippen molar-refractivity contribution in [2.75, 3.05) is 13.1 Å². The molecule has 1 saturated heterocycles. The van der Waals surface area contributed by atoms with Crippen LogP contribution in [0.5, 0.6) is 0 Å². The largest absolute Gasteiger partial charge is 0.369 e. The normalized spacial score (nSPS) is 30.2. The average Bonchev–Trinajstić information content (AvgIpc) is 2.48. The molecule has 1 aliphatic rings. The van der Waals surface area contributed by atoms with E-state index in [1.807, 2.05) is 18.7 Å². The van der Waals surface area contributed by atoms with Crippen LogP contribution < -0.4 is 5.73 Å². The molecule has 4 nitrogen and oxygen atoms in total. The fourth-order valence-electron chi connectivity index (χ4n) is 1.79. The topological polar surface area (TPSA) is 63.4 Å². The zero-order valence-corrected chi connectivity index (χ0v) is 9.04. The molecule has 0 spiro atoms. The van der Waals surface area contributed by atoms with Crippen molar-refractivity contribution in [2.45, 2.75) is 33.2 Å². The SMILES string of the molecule is CC(=O)C(C)N1CCC(C)(C(N)=O)C1. The lowest BCUT2D eigenvalue weighted by molar-refractivity contribution is -0.127. The average molecular weight is 198 g/mol. The first kappa shape index (κ1) is 11.2. The standard InChI is InChI=1S/C10H18N2O2/c1-7(8(2)13)12-5-4-10(3,6-12)9(11)14/h7H,4-6H2,1-3H3,(H2,11,14). The van der Waals surface area contributed by atoms with Gasteiger partial charge in [0.25, 0.3) is 0 Å². The third-order valence-corrected chi connectivity index (χ3v) is 3.23. The van der Waals surface area contributed by atoms with Crippen molar-refractivity contribution < 1.29 is 9.59 Å². The number of ketones is 1. The van der Waals surface area contributed by atoms with Crippen LogP contribution in [0, 0.1) is 5.41 Å².